The molecule has 6 heteroatoms. The van der Waals surface area contributed by atoms with Crippen LogP contribution in [0.1, 0.15) is 46.2 Å². The Labute approximate surface area is 176 Å². The molecule has 2 heterocycles. The fourth-order valence-electron chi connectivity index (χ4n) is 2.83. The van der Waals surface area contributed by atoms with Gasteiger partial charge in [-0.2, -0.15) is 0 Å². The smallest absolute Gasteiger partial charge is 0.149 e. The first-order chi connectivity index (χ1) is 13.3. The van der Waals surface area contributed by atoms with Gasteiger partial charge in [0, 0.05) is 40.6 Å². The molecule has 0 aliphatic rings. The van der Waals surface area contributed by atoms with Crippen LogP contribution in [0.5, 0.6) is 0 Å². The van der Waals surface area contributed by atoms with E-state index >= 15 is 0 Å². The van der Waals surface area contributed by atoms with E-state index < -0.39 is 0 Å². The molecule has 0 bridgehead atoms. The van der Waals surface area contributed by atoms with Gasteiger partial charge >= 0.3 is 0 Å². The predicted molar refractivity (Wildman–Crippen MR) is 119 cm³/mol. The van der Waals surface area contributed by atoms with Gasteiger partial charge in [0.25, 0.3) is 0 Å². The number of nitrogens with zero attached hydrogens (tertiary/aromatic N) is 3. The van der Waals surface area contributed by atoms with Crippen LogP contribution in [0, 0.1) is 0 Å². The number of aromatic nitrogens is 3. The topological polar surface area (TPSA) is 42.7 Å². The largest absolute Gasteiger partial charge is 0.339 e. The molecule has 148 valence electrons. The van der Waals surface area contributed by atoms with E-state index in [1.54, 1.807) is 0 Å². The minimum absolute atomic E-state index is 0.0144. The van der Waals surface area contributed by atoms with Crippen LogP contribution < -0.4 is 5.32 Å². The quantitative estimate of drug-likeness (QED) is 0.465. The molecule has 0 atom stereocenters. The third-order valence-corrected chi connectivity index (χ3v) is 5.04. The number of anilines is 2. The molecular weight excluding hydrogens is 391 g/mol. The molecule has 1 aromatic carbocycles. The second-order valence-corrected chi connectivity index (χ2v) is 8.78. The first kappa shape index (κ1) is 20.7. The summed E-state index contributed by atoms with van der Waals surface area (Å²) in [6.07, 6.45) is 6.20. The molecule has 3 rings (SSSR count). The van der Waals surface area contributed by atoms with Crippen molar-refractivity contribution in [2.45, 2.75) is 52.5 Å². The second-order valence-electron chi connectivity index (χ2n) is 7.93. The van der Waals surface area contributed by atoms with Crippen molar-refractivity contribution in [2.24, 2.45) is 0 Å². The molecule has 28 heavy (non-hydrogen) atoms. The standard InChI is InChI=1S/C22H26Cl2N4/c1-5-6-11-28-14-19(22(2,3)4)27-21(28)15-12-18(24)20(25-13-15)26-17-9-7-16(23)8-10-17/h7-10,12-14H,5-6,11H2,1-4H3,(H,25,26). The third kappa shape index (κ3) is 4.86. The second kappa shape index (κ2) is 8.54. The summed E-state index contributed by atoms with van der Waals surface area (Å²) in [6.45, 7) is 9.64. The average molecular weight is 417 g/mol. The van der Waals surface area contributed by atoms with Crippen LogP contribution in [0.25, 0.3) is 11.4 Å². The molecule has 0 aliphatic heterocycles. The normalized spacial score (nSPS) is 11.6. The van der Waals surface area contributed by atoms with Gasteiger partial charge in [-0.1, -0.05) is 57.3 Å². The zero-order valence-corrected chi connectivity index (χ0v) is 18.3. The number of halogens is 2. The lowest BCUT2D eigenvalue weighted by Gasteiger charge is -2.14. The highest BCUT2D eigenvalue weighted by molar-refractivity contribution is 6.33. The lowest BCUT2D eigenvalue weighted by molar-refractivity contribution is 0.568. The monoisotopic (exact) mass is 416 g/mol. The molecule has 0 radical (unpaired) electrons. The van der Waals surface area contributed by atoms with Crippen LogP contribution in [-0.4, -0.2) is 14.5 Å². The average Bonchev–Trinajstić information content (AvgIpc) is 3.08. The molecule has 0 spiro atoms. The third-order valence-electron chi connectivity index (χ3n) is 4.50. The van der Waals surface area contributed by atoms with Crippen molar-refractivity contribution < 1.29 is 0 Å². The van der Waals surface area contributed by atoms with Crippen molar-refractivity contribution in [1.29, 1.82) is 0 Å². The highest BCUT2D eigenvalue weighted by Crippen LogP contribution is 2.31. The Morgan fingerprint density at radius 3 is 2.43 bits per heavy atom. The number of nitrogens with one attached hydrogen (secondary N) is 1. The van der Waals surface area contributed by atoms with Crippen molar-refractivity contribution in [2.75, 3.05) is 5.32 Å². The molecule has 0 fully saturated rings. The lowest BCUT2D eigenvalue weighted by Crippen LogP contribution is -2.11. The molecule has 0 saturated heterocycles. The lowest BCUT2D eigenvalue weighted by atomic mass is 9.93. The number of imidazole rings is 1. The number of benzene rings is 1. The minimum Gasteiger partial charge on any atom is -0.339 e. The van der Waals surface area contributed by atoms with E-state index in [4.69, 9.17) is 28.2 Å². The van der Waals surface area contributed by atoms with Gasteiger partial charge in [0.2, 0.25) is 0 Å². The Morgan fingerprint density at radius 2 is 1.82 bits per heavy atom. The summed E-state index contributed by atoms with van der Waals surface area (Å²) in [5.41, 5.74) is 2.85. The number of hydrogen-bond acceptors (Lipinski definition) is 3. The molecule has 2 aromatic heterocycles. The Morgan fingerprint density at radius 1 is 1.11 bits per heavy atom. The zero-order valence-electron chi connectivity index (χ0n) is 16.8. The van der Waals surface area contributed by atoms with Gasteiger partial charge in [-0.15, -0.1) is 0 Å². The number of pyridine rings is 1. The maximum absolute atomic E-state index is 6.53. The molecule has 4 nitrogen and oxygen atoms in total. The Bertz CT molecular complexity index is 940. The van der Waals surface area contributed by atoms with E-state index in [9.17, 15) is 0 Å². The van der Waals surface area contributed by atoms with E-state index in [0.29, 0.717) is 15.9 Å². The number of hydrogen-bond donors (Lipinski definition) is 1. The summed E-state index contributed by atoms with van der Waals surface area (Å²) < 4.78 is 2.21. The molecule has 3 aromatic rings. The van der Waals surface area contributed by atoms with Crippen LogP contribution in [0.3, 0.4) is 0 Å². The highest BCUT2D eigenvalue weighted by Gasteiger charge is 2.21. The van der Waals surface area contributed by atoms with Crippen LogP contribution in [0.4, 0.5) is 11.5 Å². The number of unbranched alkanes of at least 4 members (excludes halogenated alkanes) is 1. The minimum atomic E-state index is -0.0144. The summed E-state index contributed by atoms with van der Waals surface area (Å²) in [6, 6.07) is 9.35. The molecule has 0 unspecified atom stereocenters. The van der Waals surface area contributed by atoms with Gasteiger partial charge < -0.3 is 9.88 Å². The van der Waals surface area contributed by atoms with Gasteiger partial charge in [-0.3, -0.25) is 0 Å². The maximum Gasteiger partial charge on any atom is 0.149 e. The van der Waals surface area contributed by atoms with Crippen LogP contribution in [0.2, 0.25) is 10.0 Å². The summed E-state index contributed by atoms with van der Waals surface area (Å²) >= 11 is 12.5. The fraction of sp³-hybridized carbons (Fsp3) is 0.364. The van der Waals surface area contributed by atoms with Crippen molar-refractivity contribution in [3.05, 3.63) is 58.5 Å². The Balaban J connectivity index is 1.92. The molecule has 0 saturated carbocycles. The van der Waals surface area contributed by atoms with Crippen LogP contribution in [0.15, 0.2) is 42.7 Å². The summed E-state index contributed by atoms with van der Waals surface area (Å²) in [4.78, 5) is 9.43. The maximum atomic E-state index is 6.53. The van der Waals surface area contributed by atoms with E-state index in [0.717, 1.165) is 42.2 Å². The van der Waals surface area contributed by atoms with Gasteiger partial charge in [-0.05, 0) is 36.8 Å². The fourth-order valence-corrected chi connectivity index (χ4v) is 3.17. The predicted octanol–water partition coefficient (Wildman–Crippen LogP) is 7.09. The summed E-state index contributed by atoms with van der Waals surface area (Å²) in [5, 5.41) is 4.47. The molecule has 0 aliphatic carbocycles. The van der Waals surface area contributed by atoms with E-state index in [1.807, 2.05) is 36.5 Å². The van der Waals surface area contributed by atoms with Gasteiger partial charge in [0.15, 0.2) is 0 Å². The van der Waals surface area contributed by atoms with E-state index in [1.165, 1.54) is 0 Å². The zero-order chi connectivity index (χ0) is 20.3. The van der Waals surface area contributed by atoms with Gasteiger partial charge in [-0.25, -0.2) is 9.97 Å². The number of aryl methyl sites for hydroxylation is 1. The van der Waals surface area contributed by atoms with Crippen molar-refractivity contribution >= 4 is 34.7 Å². The molecule has 0 amide bonds. The van der Waals surface area contributed by atoms with Crippen molar-refractivity contribution in [1.82, 2.24) is 14.5 Å². The van der Waals surface area contributed by atoms with Gasteiger partial charge in [0.05, 0.1) is 10.7 Å². The van der Waals surface area contributed by atoms with E-state index in [2.05, 4.69) is 48.8 Å². The highest BCUT2D eigenvalue weighted by atomic mass is 35.5. The Hall–Kier alpha value is -2.04. The number of rotatable bonds is 6. The summed E-state index contributed by atoms with van der Waals surface area (Å²) in [7, 11) is 0. The van der Waals surface area contributed by atoms with Gasteiger partial charge in [0.1, 0.15) is 11.6 Å². The van der Waals surface area contributed by atoms with Crippen molar-refractivity contribution in [3.8, 4) is 11.4 Å². The van der Waals surface area contributed by atoms with Crippen LogP contribution in [-0.2, 0) is 12.0 Å². The van der Waals surface area contributed by atoms with E-state index in [-0.39, 0.29) is 5.41 Å². The summed E-state index contributed by atoms with van der Waals surface area (Å²) in [5.74, 6) is 1.52. The first-order valence-electron chi connectivity index (χ1n) is 9.54. The van der Waals surface area contributed by atoms with Crippen molar-refractivity contribution in [3.63, 3.8) is 0 Å². The van der Waals surface area contributed by atoms with Crippen LogP contribution >= 0.6 is 23.2 Å². The SMILES string of the molecule is CCCCn1cc(C(C)(C)C)nc1-c1cnc(Nc2ccc(Cl)cc2)c(Cl)c1. The molecule has 1 N–H and O–H groups in total. The molecular formula is C22H26Cl2N4. The Kier molecular flexibility index (Phi) is 6.31. The first-order valence-corrected chi connectivity index (χ1v) is 10.3.